The van der Waals surface area contributed by atoms with E-state index < -0.39 is 0 Å². The van der Waals surface area contributed by atoms with Crippen LogP contribution in [0.4, 0.5) is 0 Å². The van der Waals surface area contributed by atoms with Gasteiger partial charge in [-0.15, -0.1) is 23.7 Å². The van der Waals surface area contributed by atoms with Gasteiger partial charge in [-0.05, 0) is 44.0 Å². The minimum atomic E-state index is 0. The third kappa shape index (κ3) is 4.36. The van der Waals surface area contributed by atoms with Crippen LogP contribution in [0.1, 0.15) is 23.4 Å². The van der Waals surface area contributed by atoms with Gasteiger partial charge in [0.25, 0.3) is 0 Å². The van der Waals surface area contributed by atoms with Crippen molar-refractivity contribution in [1.29, 1.82) is 0 Å². The molecular weight excluding hydrogens is 368 g/mol. The lowest BCUT2D eigenvalue weighted by molar-refractivity contribution is -0.138. The Kier molecular flexibility index (Phi) is 6.51. The number of carbonyl (C=O) groups excluding carboxylic acids is 1. The number of nitrogens with one attached hydrogen (secondary N) is 1. The van der Waals surface area contributed by atoms with E-state index in [1.54, 1.807) is 11.3 Å². The summed E-state index contributed by atoms with van der Waals surface area (Å²) in [5, 5.41) is 4.44. The van der Waals surface area contributed by atoms with Crippen molar-refractivity contribution in [2.75, 3.05) is 39.3 Å². The number of piperazine rings is 1. The third-order valence-corrected chi connectivity index (χ3v) is 6.18. The number of halogens is 1. The zero-order valence-corrected chi connectivity index (χ0v) is 16.9. The molecule has 1 atom stereocenters. The first-order valence-electron chi connectivity index (χ1n) is 9.27. The molecule has 2 aliphatic heterocycles. The summed E-state index contributed by atoms with van der Waals surface area (Å²) in [5.74, 6) is 0.529. The van der Waals surface area contributed by atoms with E-state index in [9.17, 15) is 4.79 Å². The first kappa shape index (κ1) is 19.5. The summed E-state index contributed by atoms with van der Waals surface area (Å²) in [6.07, 6.45) is 2.15. The minimum absolute atomic E-state index is 0. The first-order chi connectivity index (χ1) is 12.2. The number of amides is 1. The fourth-order valence-corrected chi connectivity index (χ4v) is 4.88. The zero-order chi connectivity index (χ0) is 17.2. The second-order valence-corrected chi connectivity index (χ2v) is 8.42. The predicted molar refractivity (Wildman–Crippen MR) is 109 cm³/mol. The van der Waals surface area contributed by atoms with Crippen LogP contribution in [0.5, 0.6) is 0 Å². The number of nitrogens with zero attached hydrogens (tertiary/aromatic N) is 3. The largest absolute Gasteiger partial charge is 0.340 e. The van der Waals surface area contributed by atoms with E-state index in [0.29, 0.717) is 5.91 Å². The molecule has 2 aromatic rings. The molecule has 1 unspecified atom stereocenters. The molecule has 5 nitrogen and oxygen atoms in total. The number of piperidine rings is 1. The molecular formula is C19H27ClN4OS. The molecule has 3 heterocycles. The summed E-state index contributed by atoms with van der Waals surface area (Å²) in [6, 6.07) is 6.58. The van der Waals surface area contributed by atoms with Crippen molar-refractivity contribution < 1.29 is 4.79 Å². The molecule has 142 valence electrons. The number of benzene rings is 1. The Morgan fingerprint density at radius 2 is 2.12 bits per heavy atom. The lowest BCUT2D eigenvalue weighted by Crippen LogP contribution is -2.51. The van der Waals surface area contributed by atoms with E-state index in [2.05, 4.69) is 45.2 Å². The van der Waals surface area contributed by atoms with Gasteiger partial charge in [-0.25, -0.2) is 4.98 Å². The van der Waals surface area contributed by atoms with Crippen molar-refractivity contribution in [2.24, 2.45) is 5.92 Å². The Hall–Kier alpha value is -1.21. The topological polar surface area (TPSA) is 48.5 Å². The number of fused-ring (bicyclic) bond motifs is 1. The molecule has 1 aromatic carbocycles. The SMILES string of the molecule is Cc1nc2ccc(CN3CCCC(C(=O)N4CCNCC4)C3)cc2s1.Cl. The van der Waals surface area contributed by atoms with Gasteiger partial charge in [0.05, 0.1) is 21.1 Å². The van der Waals surface area contributed by atoms with Crippen LogP contribution in [0, 0.1) is 12.8 Å². The van der Waals surface area contributed by atoms with Gasteiger partial charge in [0, 0.05) is 39.3 Å². The lowest BCUT2D eigenvalue weighted by atomic mass is 9.95. The van der Waals surface area contributed by atoms with Gasteiger partial charge in [0.15, 0.2) is 0 Å². The van der Waals surface area contributed by atoms with Crippen molar-refractivity contribution in [2.45, 2.75) is 26.3 Å². The average molecular weight is 395 g/mol. The molecule has 26 heavy (non-hydrogen) atoms. The minimum Gasteiger partial charge on any atom is -0.340 e. The molecule has 0 saturated carbocycles. The standard InChI is InChI=1S/C19H26N4OS.ClH/c1-14-21-17-5-4-15(11-18(17)25-14)12-22-8-2-3-16(13-22)19(24)23-9-6-20-7-10-23;/h4-5,11,16,20H,2-3,6-10,12-13H2,1H3;1H. The lowest BCUT2D eigenvalue weighted by Gasteiger charge is -2.36. The van der Waals surface area contributed by atoms with Crippen LogP contribution < -0.4 is 5.32 Å². The average Bonchev–Trinajstić information content (AvgIpc) is 3.01. The quantitative estimate of drug-likeness (QED) is 0.869. The van der Waals surface area contributed by atoms with Crippen molar-refractivity contribution in [3.63, 3.8) is 0 Å². The molecule has 0 aliphatic carbocycles. The van der Waals surface area contributed by atoms with Gasteiger partial charge in [-0.1, -0.05) is 6.07 Å². The monoisotopic (exact) mass is 394 g/mol. The van der Waals surface area contributed by atoms with E-state index in [1.807, 2.05) is 0 Å². The van der Waals surface area contributed by atoms with Crippen LogP contribution in [-0.2, 0) is 11.3 Å². The number of aryl methyl sites for hydroxylation is 1. The van der Waals surface area contributed by atoms with Gasteiger partial charge >= 0.3 is 0 Å². The highest BCUT2D eigenvalue weighted by atomic mass is 35.5. The normalized spacial score (nSPS) is 21.6. The molecule has 1 N–H and O–H groups in total. The van der Waals surface area contributed by atoms with Crippen molar-refractivity contribution >= 4 is 39.9 Å². The fraction of sp³-hybridized carbons (Fsp3) is 0.579. The smallest absolute Gasteiger partial charge is 0.227 e. The van der Waals surface area contributed by atoms with E-state index >= 15 is 0 Å². The van der Waals surface area contributed by atoms with Gasteiger partial charge < -0.3 is 10.2 Å². The number of aromatic nitrogens is 1. The van der Waals surface area contributed by atoms with Crippen molar-refractivity contribution in [1.82, 2.24) is 20.1 Å². The van der Waals surface area contributed by atoms with Crippen LogP contribution in [-0.4, -0.2) is 60.0 Å². The molecule has 2 saturated heterocycles. The molecule has 2 fully saturated rings. The van der Waals surface area contributed by atoms with Crippen LogP contribution in [0.15, 0.2) is 18.2 Å². The van der Waals surface area contributed by atoms with E-state index in [4.69, 9.17) is 0 Å². The number of carbonyl (C=O) groups is 1. The molecule has 2 aliphatic rings. The molecule has 1 aromatic heterocycles. The van der Waals surface area contributed by atoms with Gasteiger partial charge in [0.1, 0.15) is 0 Å². The summed E-state index contributed by atoms with van der Waals surface area (Å²) < 4.78 is 1.26. The number of hydrogen-bond donors (Lipinski definition) is 1. The Morgan fingerprint density at radius 3 is 2.92 bits per heavy atom. The highest BCUT2D eigenvalue weighted by molar-refractivity contribution is 7.18. The number of rotatable bonds is 3. The van der Waals surface area contributed by atoms with E-state index in [0.717, 1.165) is 69.2 Å². The highest BCUT2D eigenvalue weighted by Gasteiger charge is 2.29. The number of hydrogen-bond acceptors (Lipinski definition) is 5. The molecule has 0 bridgehead atoms. The van der Waals surface area contributed by atoms with Crippen LogP contribution in [0.25, 0.3) is 10.2 Å². The Bertz CT molecular complexity index is 759. The van der Waals surface area contributed by atoms with Gasteiger partial charge in [-0.2, -0.15) is 0 Å². The number of thiazole rings is 1. The van der Waals surface area contributed by atoms with Crippen molar-refractivity contribution in [3.8, 4) is 0 Å². The van der Waals surface area contributed by atoms with E-state index in [1.165, 1.54) is 10.3 Å². The highest BCUT2D eigenvalue weighted by Crippen LogP contribution is 2.25. The van der Waals surface area contributed by atoms with Crippen LogP contribution in [0.3, 0.4) is 0 Å². The summed E-state index contributed by atoms with van der Waals surface area (Å²) in [7, 11) is 0. The first-order valence-corrected chi connectivity index (χ1v) is 10.1. The van der Waals surface area contributed by atoms with E-state index in [-0.39, 0.29) is 18.3 Å². The van der Waals surface area contributed by atoms with Gasteiger partial charge in [-0.3, -0.25) is 9.69 Å². The summed E-state index contributed by atoms with van der Waals surface area (Å²) in [5.41, 5.74) is 2.42. The zero-order valence-electron chi connectivity index (χ0n) is 15.2. The van der Waals surface area contributed by atoms with Crippen molar-refractivity contribution in [3.05, 3.63) is 28.8 Å². The van der Waals surface area contributed by atoms with Gasteiger partial charge in [0.2, 0.25) is 5.91 Å². The second kappa shape index (κ2) is 8.65. The summed E-state index contributed by atoms with van der Waals surface area (Å²) in [4.78, 5) is 21.8. The Labute approximate surface area is 165 Å². The fourth-order valence-electron chi connectivity index (χ4n) is 3.98. The maximum absolute atomic E-state index is 12.8. The maximum Gasteiger partial charge on any atom is 0.227 e. The molecule has 0 spiro atoms. The third-order valence-electron chi connectivity index (χ3n) is 5.25. The summed E-state index contributed by atoms with van der Waals surface area (Å²) in [6.45, 7) is 8.54. The predicted octanol–water partition coefficient (Wildman–Crippen LogP) is 2.67. The molecule has 4 rings (SSSR count). The molecule has 7 heteroatoms. The Morgan fingerprint density at radius 1 is 1.31 bits per heavy atom. The molecule has 0 radical (unpaired) electrons. The van der Waals surface area contributed by atoms with Crippen LogP contribution >= 0.6 is 23.7 Å². The molecule has 1 amide bonds. The van der Waals surface area contributed by atoms with Crippen LogP contribution in [0.2, 0.25) is 0 Å². The number of likely N-dealkylation sites (tertiary alicyclic amines) is 1. The Balaban J connectivity index is 0.00000196. The second-order valence-electron chi connectivity index (χ2n) is 7.18. The summed E-state index contributed by atoms with van der Waals surface area (Å²) >= 11 is 1.76. The maximum atomic E-state index is 12.8.